The summed E-state index contributed by atoms with van der Waals surface area (Å²) in [7, 11) is 0. The van der Waals surface area contributed by atoms with Crippen molar-refractivity contribution in [3.63, 3.8) is 0 Å². The number of β-amino-alcohol motifs (C(OH)–C–C–N with tert-alkyl or cyclic N) is 1. The average Bonchev–Trinajstić information content (AvgIpc) is 2.26. The van der Waals surface area contributed by atoms with Crippen LogP contribution in [0.1, 0.15) is 37.9 Å². The molecule has 1 aromatic rings. The SMILES string of the molecule is CC1(NCC(O)c2cc(Cl)ccc2Cl)CCC1. The molecule has 0 spiro atoms. The molecule has 1 fully saturated rings. The molecule has 0 radical (unpaired) electrons. The second kappa shape index (κ2) is 5.15. The lowest BCUT2D eigenvalue weighted by Crippen LogP contribution is -2.49. The number of nitrogens with one attached hydrogen (secondary N) is 1. The van der Waals surface area contributed by atoms with E-state index in [4.69, 9.17) is 23.2 Å². The van der Waals surface area contributed by atoms with Crippen LogP contribution in [0, 0.1) is 0 Å². The molecule has 1 aliphatic rings. The first kappa shape index (κ1) is 13.2. The maximum absolute atomic E-state index is 10.1. The van der Waals surface area contributed by atoms with E-state index < -0.39 is 6.10 Å². The van der Waals surface area contributed by atoms with E-state index in [1.807, 2.05) is 0 Å². The van der Waals surface area contributed by atoms with Crippen molar-refractivity contribution in [2.45, 2.75) is 37.8 Å². The number of aliphatic hydroxyl groups is 1. The van der Waals surface area contributed by atoms with E-state index in [0.29, 0.717) is 22.2 Å². The summed E-state index contributed by atoms with van der Waals surface area (Å²) in [5, 5.41) is 14.6. The quantitative estimate of drug-likeness (QED) is 0.879. The topological polar surface area (TPSA) is 32.3 Å². The maximum Gasteiger partial charge on any atom is 0.0929 e. The Kier molecular flexibility index (Phi) is 3.99. The molecule has 4 heteroatoms. The molecule has 1 aromatic carbocycles. The lowest BCUT2D eigenvalue weighted by atomic mass is 9.78. The third-order valence-corrected chi connectivity index (χ3v) is 4.08. The van der Waals surface area contributed by atoms with Crippen LogP contribution in [0.4, 0.5) is 0 Å². The zero-order valence-electron chi connectivity index (χ0n) is 9.84. The molecule has 2 nitrogen and oxygen atoms in total. The Morgan fingerprint density at radius 3 is 2.71 bits per heavy atom. The largest absolute Gasteiger partial charge is 0.387 e. The van der Waals surface area contributed by atoms with Crippen LogP contribution in [0.3, 0.4) is 0 Å². The number of benzene rings is 1. The number of hydrogen-bond donors (Lipinski definition) is 2. The van der Waals surface area contributed by atoms with Gasteiger partial charge in [0.1, 0.15) is 0 Å². The molecule has 0 aromatic heterocycles. The van der Waals surface area contributed by atoms with Crippen LogP contribution >= 0.6 is 23.2 Å². The first-order chi connectivity index (χ1) is 8.00. The lowest BCUT2D eigenvalue weighted by molar-refractivity contribution is 0.132. The zero-order valence-corrected chi connectivity index (χ0v) is 11.4. The highest BCUT2D eigenvalue weighted by Crippen LogP contribution is 2.32. The number of hydrogen-bond acceptors (Lipinski definition) is 2. The van der Waals surface area contributed by atoms with Gasteiger partial charge in [-0.1, -0.05) is 23.2 Å². The summed E-state index contributed by atoms with van der Waals surface area (Å²) in [4.78, 5) is 0. The summed E-state index contributed by atoms with van der Waals surface area (Å²) in [6, 6.07) is 5.16. The van der Waals surface area contributed by atoms with Gasteiger partial charge >= 0.3 is 0 Å². The summed E-state index contributed by atoms with van der Waals surface area (Å²) < 4.78 is 0. The summed E-state index contributed by atoms with van der Waals surface area (Å²) in [6.45, 7) is 2.69. The van der Waals surface area contributed by atoms with E-state index in [1.54, 1.807) is 18.2 Å². The van der Waals surface area contributed by atoms with Crippen molar-refractivity contribution in [2.24, 2.45) is 0 Å². The highest BCUT2D eigenvalue weighted by Gasteiger charge is 2.31. The van der Waals surface area contributed by atoms with Crippen LogP contribution in [0.5, 0.6) is 0 Å². The van der Waals surface area contributed by atoms with Crippen molar-refractivity contribution in [1.29, 1.82) is 0 Å². The lowest BCUT2D eigenvalue weighted by Gasteiger charge is -2.40. The molecule has 0 saturated heterocycles. The van der Waals surface area contributed by atoms with Gasteiger partial charge in [0.05, 0.1) is 6.10 Å². The molecule has 1 saturated carbocycles. The summed E-state index contributed by atoms with van der Waals surface area (Å²) in [5.74, 6) is 0. The van der Waals surface area contributed by atoms with Crippen LogP contribution in [0.2, 0.25) is 10.0 Å². The van der Waals surface area contributed by atoms with Crippen molar-refractivity contribution in [1.82, 2.24) is 5.32 Å². The van der Waals surface area contributed by atoms with E-state index in [-0.39, 0.29) is 5.54 Å². The Balaban J connectivity index is 1.99. The molecule has 0 amide bonds. The van der Waals surface area contributed by atoms with Gasteiger partial charge < -0.3 is 10.4 Å². The van der Waals surface area contributed by atoms with Gasteiger partial charge in [-0.15, -0.1) is 0 Å². The molecule has 2 rings (SSSR count). The fourth-order valence-electron chi connectivity index (χ4n) is 2.11. The molecular formula is C13H17Cl2NO. The van der Waals surface area contributed by atoms with Crippen LogP contribution in [0.25, 0.3) is 0 Å². The Morgan fingerprint density at radius 2 is 2.12 bits per heavy atom. The molecule has 0 bridgehead atoms. The molecule has 1 atom stereocenters. The number of aliphatic hydroxyl groups excluding tert-OH is 1. The van der Waals surface area contributed by atoms with Crippen LogP contribution in [-0.2, 0) is 0 Å². The highest BCUT2D eigenvalue weighted by atomic mass is 35.5. The molecule has 1 unspecified atom stereocenters. The first-order valence-electron chi connectivity index (χ1n) is 5.88. The molecule has 1 aliphatic carbocycles. The van der Waals surface area contributed by atoms with Crippen LogP contribution in [0.15, 0.2) is 18.2 Å². The molecule has 0 heterocycles. The van der Waals surface area contributed by atoms with Gasteiger partial charge in [0.2, 0.25) is 0 Å². The number of halogens is 2. The molecule has 17 heavy (non-hydrogen) atoms. The van der Waals surface area contributed by atoms with Crippen molar-refractivity contribution >= 4 is 23.2 Å². The smallest absolute Gasteiger partial charge is 0.0929 e. The molecule has 94 valence electrons. The number of rotatable bonds is 4. The van der Waals surface area contributed by atoms with Gasteiger partial charge in [0.25, 0.3) is 0 Å². The molecule has 2 N–H and O–H groups in total. The first-order valence-corrected chi connectivity index (χ1v) is 6.64. The standard InChI is InChI=1S/C13H17Cl2NO/c1-13(5-2-6-13)16-8-12(17)10-7-9(14)3-4-11(10)15/h3-4,7,12,16-17H,2,5-6,8H2,1H3. The van der Waals surface area contributed by atoms with E-state index in [1.165, 1.54) is 19.3 Å². The normalized spacial score (nSPS) is 19.8. The van der Waals surface area contributed by atoms with E-state index in [0.717, 1.165) is 0 Å². The van der Waals surface area contributed by atoms with Crippen LogP contribution in [-0.4, -0.2) is 17.2 Å². The highest BCUT2D eigenvalue weighted by molar-refractivity contribution is 6.33. The second-order valence-electron chi connectivity index (χ2n) is 4.98. The second-order valence-corrected chi connectivity index (χ2v) is 5.82. The van der Waals surface area contributed by atoms with Gasteiger partial charge in [0.15, 0.2) is 0 Å². The fraction of sp³-hybridized carbons (Fsp3) is 0.538. The van der Waals surface area contributed by atoms with E-state index in [2.05, 4.69) is 12.2 Å². The molecule has 0 aliphatic heterocycles. The summed E-state index contributed by atoms with van der Waals surface area (Å²) in [5.41, 5.74) is 0.876. The predicted octanol–water partition coefficient (Wildman–Crippen LogP) is 3.56. The minimum absolute atomic E-state index is 0.187. The Hall–Kier alpha value is -0.280. The minimum atomic E-state index is -0.612. The van der Waals surface area contributed by atoms with Gasteiger partial charge in [0, 0.05) is 27.7 Å². The minimum Gasteiger partial charge on any atom is -0.387 e. The predicted molar refractivity (Wildman–Crippen MR) is 71.7 cm³/mol. The summed E-state index contributed by atoms with van der Waals surface area (Å²) >= 11 is 11.9. The Labute approximate surface area is 112 Å². The van der Waals surface area contributed by atoms with Crippen molar-refractivity contribution in [3.8, 4) is 0 Å². The van der Waals surface area contributed by atoms with Crippen molar-refractivity contribution < 1.29 is 5.11 Å². The monoisotopic (exact) mass is 273 g/mol. The van der Waals surface area contributed by atoms with E-state index in [9.17, 15) is 5.11 Å². The third-order valence-electron chi connectivity index (χ3n) is 3.50. The van der Waals surface area contributed by atoms with Gasteiger partial charge in [-0.2, -0.15) is 0 Å². The van der Waals surface area contributed by atoms with Gasteiger partial charge in [-0.05, 0) is 44.4 Å². The van der Waals surface area contributed by atoms with Crippen molar-refractivity contribution in [3.05, 3.63) is 33.8 Å². The Morgan fingerprint density at radius 1 is 1.41 bits per heavy atom. The fourth-order valence-corrected chi connectivity index (χ4v) is 2.53. The van der Waals surface area contributed by atoms with Gasteiger partial charge in [-0.25, -0.2) is 0 Å². The summed E-state index contributed by atoms with van der Waals surface area (Å²) in [6.07, 6.45) is 2.99. The third kappa shape index (κ3) is 3.14. The van der Waals surface area contributed by atoms with E-state index >= 15 is 0 Å². The zero-order chi connectivity index (χ0) is 12.5. The average molecular weight is 274 g/mol. The Bertz CT molecular complexity index is 404. The maximum atomic E-state index is 10.1. The van der Waals surface area contributed by atoms with Gasteiger partial charge in [-0.3, -0.25) is 0 Å². The van der Waals surface area contributed by atoms with Crippen LogP contribution < -0.4 is 5.32 Å². The van der Waals surface area contributed by atoms with Crippen molar-refractivity contribution in [2.75, 3.05) is 6.54 Å². The molecular weight excluding hydrogens is 257 g/mol.